The molecule has 0 radical (unpaired) electrons. The van der Waals surface area contributed by atoms with Crippen molar-refractivity contribution in [2.24, 2.45) is 0 Å². The van der Waals surface area contributed by atoms with Crippen molar-refractivity contribution in [3.05, 3.63) is 48.5 Å². The molecule has 2 heterocycles. The van der Waals surface area contributed by atoms with Crippen LogP contribution in [0.15, 0.2) is 42.9 Å². The van der Waals surface area contributed by atoms with Crippen molar-refractivity contribution in [1.82, 2.24) is 9.55 Å². The van der Waals surface area contributed by atoms with E-state index in [4.69, 9.17) is 5.11 Å². The normalized spacial score (nSPS) is 12.6. The molecule has 2 aromatic rings. The number of carboxylic acids is 1. The topological polar surface area (TPSA) is 58.0 Å². The maximum absolute atomic E-state index is 11.1. The summed E-state index contributed by atoms with van der Waals surface area (Å²) in [6, 6.07) is 6.49. The van der Waals surface area contributed by atoms with Gasteiger partial charge in [-0.15, -0.1) is 0 Å². The molecule has 2 rings (SSSR count). The van der Waals surface area contributed by atoms with Crippen LogP contribution >= 0.6 is 0 Å². The average molecular weight is 190 g/mol. The Morgan fingerprint density at radius 3 is 2.57 bits per heavy atom. The predicted octanol–water partition coefficient (Wildman–Crippen LogP) is 1.49. The minimum Gasteiger partial charge on any atom is -0.479 e. The Morgan fingerprint density at radius 2 is 2.07 bits per heavy atom. The Balaban J connectivity index is 2.40. The summed E-state index contributed by atoms with van der Waals surface area (Å²) < 4.78 is 1.65. The molecule has 0 aliphatic heterocycles. The average Bonchev–Trinajstić information content (AvgIpc) is 2.75. The number of aliphatic carboxylic acids is 1. The fourth-order valence-corrected chi connectivity index (χ4v) is 1.46. The van der Waals surface area contributed by atoms with Gasteiger partial charge in [0.2, 0.25) is 0 Å². The SMILES string of the molecule is O=C(O)[C@H](c1ccc[nH]1)n1cccc1. The number of carboxylic acid groups (broad SMARTS) is 1. The number of carbonyl (C=O) groups is 1. The van der Waals surface area contributed by atoms with Gasteiger partial charge >= 0.3 is 5.97 Å². The summed E-state index contributed by atoms with van der Waals surface area (Å²) in [6.07, 6.45) is 5.19. The Kier molecular flexibility index (Phi) is 2.10. The van der Waals surface area contributed by atoms with Gasteiger partial charge in [0.05, 0.1) is 0 Å². The molecule has 0 fully saturated rings. The van der Waals surface area contributed by atoms with Crippen LogP contribution in [-0.4, -0.2) is 20.6 Å². The van der Waals surface area contributed by atoms with Crippen molar-refractivity contribution in [2.75, 3.05) is 0 Å². The van der Waals surface area contributed by atoms with Crippen LogP contribution in [0.4, 0.5) is 0 Å². The van der Waals surface area contributed by atoms with Crippen molar-refractivity contribution in [3.8, 4) is 0 Å². The molecule has 0 unspecified atom stereocenters. The van der Waals surface area contributed by atoms with Crippen LogP contribution in [-0.2, 0) is 4.79 Å². The summed E-state index contributed by atoms with van der Waals surface area (Å²) in [5.74, 6) is -0.872. The number of hydrogen-bond acceptors (Lipinski definition) is 1. The molecule has 72 valence electrons. The van der Waals surface area contributed by atoms with Gasteiger partial charge in [0, 0.05) is 24.3 Å². The lowest BCUT2D eigenvalue weighted by Crippen LogP contribution is -2.19. The summed E-state index contributed by atoms with van der Waals surface area (Å²) in [5, 5.41) is 9.08. The maximum atomic E-state index is 11.1. The number of H-pyrrole nitrogens is 1. The molecule has 2 aromatic heterocycles. The highest BCUT2D eigenvalue weighted by Gasteiger charge is 2.21. The van der Waals surface area contributed by atoms with Gasteiger partial charge in [0.25, 0.3) is 0 Å². The second kappa shape index (κ2) is 3.41. The molecule has 1 atom stereocenters. The van der Waals surface area contributed by atoms with E-state index in [2.05, 4.69) is 4.98 Å². The van der Waals surface area contributed by atoms with Gasteiger partial charge in [-0.1, -0.05) is 0 Å². The molecule has 0 aromatic carbocycles. The number of nitrogens with one attached hydrogen (secondary N) is 1. The first-order valence-electron chi connectivity index (χ1n) is 4.27. The van der Waals surface area contributed by atoms with Crippen molar-refractivity contribution in [3.63, 3.8) is 0 Å². The second-order valence-corrected chi connectivity index (χ2v) is 3.00. The van der Waals surface area contributed by atoms with E-state index in [1.165, 1.54) is 0 Å². The lowest BCUT2D eigenvalue weighted by atomic mass is 10.2. The number of rotatable bonds is 3. The zero-order chi connectivity index (χ0) is 9.97. The number of aromatic nitrogens is 2. The fourth-order valence-electron chi connectivity index (χ4n) is 1.46. The van der Waals surface area contributed by atoms with Crippen LogP contribution in [0.3, 0.4) is 0 Å². The largest absolute Gasteiger partial charge is 0.479 e. The van der Waals surface area contributed by atoms with Gasteiger partial charge in [-0.3, -0.25) is 0 Å². The van der Waals surface area contributed by atoms with E-state index >= 15 is 0 Å². The van der Waals surface area contributed by atoms with Crippen LogP contribution in [0.5, 0.6) is 0 Å². The molecule has 0 spiro atoms. The molecule has 0 saturated carbocycles. The zero-order valence-electron chi connectivity index (χ0n) is 7.42. The molecular formula is C10H10N2O2. The summed E-state index contributed by atoms with van der Waals surface area (Å²) in [5.41, 5.74) is 0.675. The zero-order valence-corrected chi connectivity index (χ0v) is 7.42. The Bertz CT molecular complexity index is 369. The molecule has 0 bridgehead atoms. The minimum atomic E-state index is -0.872. The van der Waals surface area contributed by atoms with Gasteiger partial charge < -0.3 is 14.7 Å². The van der Waals surface area contributed by atoms with Gasteiger partial charge in [0.15, 0.2) is 6.04 Å². The van der Waals surface area contributed by atoms with Crippen molar-refractivity contribution in [2.45, 2.75) is 6.04 Å². The van der Waals surface area contributed by atoms with Gasteiger partial charge in [-0.25, -0.2) is 4.79 Å². The summed E-state index contributed by atoms with van der Waals surface area (Å²) in [6.45, 7) is 0. The van der Waals surface area contributed by atoms with E-state index in [0.717, 1.165) is 0 Å². The molecule has 4 nitrogen and oxygen atoms in total. The third-order valence-electron chi connectivity index (χ3n) is 2.08. The van der Waals surface area contributed by atoms with Crippen molar-refractivity contribution < 1.29 is 9.90 Å². The van der Waals surface area contributed by atoms with E-state index in [1.807, 2.05) is 0 Å². The first kappa shape index (κ1) is 8.62. The summed E-state index contributed by atoms with van der Waals surface area (Å²) in [4.78, 5) is 14.0. The standard InChI is InChI=1S/C10H10N2O2/c13-10(14)9(8-4-3-5-11-8)12-6-1-2-7-12/h1-7,9,11H,(H,13,14)/t9-/m0/s1. The Morgan fingerprint density at radius 1 is 1.36 bits per heavy atom. The van der Waals surface area contributed by atoms with Crippen LogP contribution < -0.4 is 0 Å². The lowest BCUT2D eigenvalue weighted by molar-refractivity contribution is -0.139. The minimum absolute atomic E-state index is 0.667. The van der Waals surface area contributed by atoms with Crippen molar-refractivity contribution in [1.29, 1.82) is 0 Å². The van der Waals surface area contributed by atoms with Crippen molar-refractivity contribution >= 4 is 5.97 Å². The van der Waals surface area contributed by atoms with Gasteiger partial charge in [-0.05, 0) is 24.3 Å². The Labute approximate surface area is 80.8 Å². The lowest BCUT2D eigenvalue weighted by Gasteiger charge is -2.12. The van der Waals surface area contributed by atoms with E-state index < -0.39 is 12.0 Å². The van der Waals surface area contributed by atoms with E-state index in [9.17, 15) is 4.79 Å². The van der Waals surface area contributed by atoms with E-state index in [1.54, 1.807) is 47.4 Å². The summed E-state index contributed by atoms with van der Waals surface area (Å²) in [7, 11) is 0. The molecule has 0 saturated heterocycles. The highest BCUT2D eigenvalue weighted by molar-refractivity contribution is 5.75. The fraction of sp³-hybridized carbons (Fsp3) is 0.100. The molecule has 2 N–H and O–H groups in total. The third-order valence-corrected chi connectivity index (χ3v) is 2.08. The molecule has 0 aliphatic rings. The molecule has 4 heteroatoms. The molecule has 0 amide bonds. The van der Waals surface area contributed by atoms with Gasteiger partial charge in [-0.2, -0.15) is 0 Å². The van der Waals surface area contributed by atoms with Crippen LogP contribution in [0.1, 0.15) is 11.7 Å². The highest BCUT2D eigenvalue weighted by atomic mass is 16.4. The second-order valence-electron chi connectivity index (χ2n) is 3.00. The number of hydrogen-bond donors (Lipinski definition) is 2. The van der Waals surface area contributed by atoms with Gasteiger partial charge in [0.1, 0.15) is 0 Å². The van der Waals surface area contributed by atoms with E-state index in [0.29, 0.717) is 5.69 Å². The van der Waals surface area contributed by atoms with Crippen LogP contribution in [0, 0.1) is 0 Å². The number of aromatic amines is 1. The van der Waals surface area contributed by atoms with Crippen LogP contribution in [0.25, 0.3) is 0 Å². The molecular weight excluding hydrogens is 180 g/mol. The summed E-state index contributed by atoms with van der Waals surface area (Å²) >= 11 is 0. The monoisotopic (exact) mass is 190 g/mol. The molecule has 0 aliphatic carbocycles. The van der Waals surface area contributed by atoms with Crippen LogP contribution in [0.2, 0.25) is 0 Å². The smallest absolute Gasteiger partial charge is 0.332 e. The Hall–Kier alpha value is -1.97. The number of nitrogens with zero attached hydrogens (tertiary/aromatic N) is 1. The first-order valence-corrected chi connectivity index (χ1v) is 4.27. The third kappa shape index (κ3) is 1.42. The quantitative estimate of drug-likeness (QED) is 0.770. The van der Waals surface area contributed by atoms with E-state index in [-0.39, 0.29) is 0 Å². The highest BCUT2D eigenvalue weighted by Crippen LogP contribution is 2.16. The molecule has 14 heavy (non-hydrogen) atoms. The first-order chi connectivity index (χ1) is 6.79. The predicted molar refractivity (Wildman–Crippen MR) is 51.0 cm³/mol. The maximum Gasteiger partial charge on any atom is 0.332 e.